The lowest BCUT2D eigenvalue weighted by molar-refractivity contribution is -0.123. The largest absolute Gasteiger partial charge is 0.298 e. The molecule has 2 nitrogen and oxygen atoms in total. The molecule has 1 aromatic rings. The number of ketones is 1. The van der Waals surface area contributed by atoms with E-state index >= 15 is 0 Å². The van der Waals surface area contributed by atoms with E-state index in [1.165, 1.54) is 18.2 Å². The van der Waals surface area contributed by atoms with Crippen LogP contribution in [0, 0.1) is 29.0 Å². The average Bonchev–Trinajstić information content (AvgIpc) is 2.28. The lowest BCUT2D eigenvalue weighted by Gasteiger charge is -2.17. The SMILES string of the molecule is CC(C)C(C)C(=O)C(C#N)c1cccc(F)c1. The Balaban J connectivity index is 3.01. The number of benzene rings is 1. The predicted molar refractivity (Wildman–Crippen MR) is 63.8 cm³/mol. The molecule has 0 saturated carbocycles. The Labute approximate surface area is 101 Å². The molecule has 1 aromatic carbocycles. The molecule has 0 spiro atoms. The number of carbonyl (C=O) groups excluding carboxylic acids is 1. The molecule has 0 radical (unpaired) electrons. The van der Waals surface area contributed by atoms with Crippen LogP contribution in [0.4, 0.5) is 4.39 Å². The standard InChI is InChI=1S/C14H16FNO/c1-9(2)10(3)14(17)13(8-16)11-5-4-6-12(15)7-11/h4-7,9-10,13H,1-3H3. The second-order valence-electron chi connectivity index (χ2n) is 4.55. The first kappa shape index (κ1) is 13.4. The van der Waals surface area contributed by atoms with Crippen molar-refractivity contribution in [1.82, 2.24) is 0 Å². The first-order valence-corrected chi connectivity index (χ1v) is 5.66. The summed E-state index contributed by atoms with van der Waals surface area (Å²) in [5.74, 6) is -1.47. The molecule has 0 aliphatic heterocycles. The van der Waals surface area contributed by atoms with Gasteiger partial charge in [-0.05, 0) is 23.6 Å². The lowest BCUT2D eigenvalue weighted by Crippen LogP contribution is -2.23. The van der Waals surface area contributed by atoms with Gasteiger partial charge in [-0.3, -0.25) is 4.79 Å². The molecule has 3 heteroatoms. The highest BCUT2D eigenvalue weighted by atomic mass is 19.1. The minimum atomic E-state index is -0.872. The minimum Gasteiger partial charge on any atom is -0.298 e. The number of hydrogen-bond donors (Lipinski definition) is 0. The Morgan fingerprint density at radius 2 is 2.00 bits per heavy atom. The van der Waals surface area contributed by atoms with Crippen molar-refractivity contribution in [2.75, 3.05) is 0 Å². The van der Waals surface area contributed by atoms with E-state index in [2.05, 4.69) is 0 Å². The smallest absolute Gasteiger partial charge is 0.157 e. The van der Waals surface area contributed by atoms with E-state index in [9.17, 15) is 9.18 Å². The molecular weight excluding hydrogens is 217 g/mol. The molecular formula is C14H16FNO. The van der Waals surface area contributed by atoms with E-state index in [1.54, 1.807) is 13.0 Å². The summed E-state index contributed by atoms with van der Waals surface area (Å²) in [6, 6.07) is 7.64. The van der Waals surface area contributed by atoms with Gasteiger partial charge >= 0.3 is 0 Å². The number of carbonyl (C=O) groups is 1. The van der Waals surface area contributed by atoms with Gasteiger partial charge in [0.1, 0.15) is 11.7 Å². The monoisotopic (exact) mass is 233 g/mol. The molecule has 1 rings (SSSR count). The fourth-order valence-electron chi connectivity index (χ4n) is 1.58. The maximum atomic E-state index is 13.1. The Hall–Kier alpha value is -1.69. The predicted octanol–water partition coefficient (Wildman–Crippen LogP) is 3.29. The van der Waals surface area contributed by atoms with Gasteiger partial charge < -0.3 is 0 Å². The highest BCUT2D eigenvalue weighted by Crippen LogP contribution is 2.24. The summed E-state index contributed by atoms with van der Waals surface area (Å²) in [5.41, 5.74) is 0.435. The number of hydrogen-bond acceptors (Lipinski definition) is 2. The number of Topliss-reactive ketones (excluding diaryl/α,β-unsaturated/α-hetero) is 1. The van der Waals surface area contributed by atoms with Crippen molar-refractivity contribution in [2.24, 2.45) is 11.8 Å². The van der Waals surface area contributed by atoms with Gasteiger partial charge in [0.25, 0.3) is 0 Å². The van der Waals surface area contributed by atoms with Crippen molar-refractivity contribution in [3.05, 3.63) is 35.6 Å². The van der Waals surface area contributed by atoms with Crippen molar-refractivity contribution in [3.8, 4) is 6.07 Å². The number of halogens is 1. The zero-order chi connectivity index (χ0) is 13.0. The number of nitriles is 1. The number of nitrogens with zero attached hydrogens (tertiary/aromatic N) is 1. The van der Waals surface area contributed by atoms with Crippen molar-refractivity contribution >= 4 is 5.78 Å². The summed E-state index contributed by atoms with van der Waals surface area (Å²) < 4.78 is 13.1. The second kappa shape index (κ2) is 5.58. The van der Waals surface area contributed by atoms with Gasteiger partial charge in [-0.15, -0.1) is 0 Å². The first-order valence-electron chi connectivity index (χ1n) is 5.66. The normalized spacial score (nSPS) is 14.1. The molecule has 2 atom stereocenters. The Bertz CT molecular complexity index is 448. The third-order valence-electron chi connectivity index (χ3n) is 3.04. The van der Waals surface area contributed by atoms with Crippen LogP contribution < -0.4 is 0 Å². The molecule has 0 amide bonds. The van der Waals surface area contributed by atoms with Gasteiger partial charge in [0.05, 0.1) is 6.07 Å². The average molecular weight is 233 g/mol. The summed E-state index contributed by atoms with van der Waals surface area (Å²) in [6.45, 7) is 5.67. The third kappa shape index (κ3) is 3.13. The van der Waals surface area contributed by atoms with Crippen LogP contribution in [-0.2, 0) is 4.79 Å². The highest BCUT2D eigenvalue weighted by Gasteiger charge is 2.27. The quantitative estimate of drug-likeness (QED) is 0.800. The summed E-state index contributed by atoms with van der Waals surface area (Å²) in [5, 5.41) is 9.08. The molecule has 0 heterocycles. The van der Waals surface area contributed by atoms with Gasteiger partial charge in [0.15, 0.2) is 5.78 Å². The Morgan fingerprint density at radius 3 is 2.47 bits per heavy atom. The first-order chi connectivity index (χ1) is 7.97. The fraction of sp³-hybridized carbons (Fsp3) is 0.429. The summed E-state index contributed by atoms with van der Waals surface area (Å²) in [4.78, 5) is 12.1. The Kier molecular flexibility index (Phi) is 4.39. The molecule has 0 aliphatic rings. The van der Waals surface area contributed by atoms with Crippen LogP contribution in [-0.4, -0.2) is 5.78 Å². The van der Waals surface area contributed by atoms with E-state index in [0.29, 0.717) is 5.56 Å². The lowest BCUT2D eigenvalue weighted by atomic mass is 9.84. The second-order valence-corrected chi connectivity index (χ2v) is 4.55. The molecule has 0 aromatic heterocycles. The molecule has 0 N–H and O–H groups in total. The molecule has 0 aliphatic carbocycles. The third-order valence-corrected chi connectivity index (χ3v) is 3.04. The van der Waals surface area contributed by atoms with E-state index in [1.807, 2.05) is 19.9 Å². The van der Waals surface area contributed by atoms with Gasteiger partial charge in [-0.1, -0.05) is 32.9 Å². The molecule has 0 fully saturated rings. The van der Waals surface area contributed by atoms with Gasteiger partial charge in [-0.25, -0.2) is 4.39 Å². The van der Waals surface area contributed by atoms with Crippen LogP contribution in [0.2, 0.25) is 0 Å². The van der Waals surface area contributed by atoms with E-state index in [0.717, 1.165) is 0 Å². The van der Waals surface area contributed by atoms with Crippen LogP contribution in [0.5, 0.6) is 0 Å². The van der Waals surface area contributed by atoms with Crippen LogP contribution in [0.15, 0.2) is 24.3 Å². The highest BCUT2D eigenvalue weighted by molar-refractivity contribution is 5.90. The molecule has 17 heavy (non-hydrogen) atoms. The van der Waals surface area contributed by atoms with Crippen LogP contribution in [0.1, 0.15) is 32.3 Å². The van der Waals surface area contributed by atoms with Crippen LogP contribution >= 0.6 is 0 Å². The van der Waals surface area contributed by atoms with Crippen molar-refractivity contribution in [2.45, 2.75) is 26.7 Å². The van der Waals surface area contributed by atoms with Crippen LogP contribution in [0.3, 0.4) is 0 Å². The molecule has 0 bridgehead atoms. The fourth-order valence-corrected chi connectivity index (χ4v) is 1.58. The molecule has 2 unspecified atom stereocenters. The van der Waals surface area contributed by atoms with Crippen molar-refractivity contribution in [3.63, 3.8) is 0 Å². The van der Waals surface area contributed by atoms with Gasteiger partial charge in [0.2, 0.25) is 0 Å². The summed E-state index contributed by atoms with van der Waals surface area (Å²) in [7, 11) is 0. The number of rotatable bonds is 4. The van der Waals surface area contributed by atoms with Gasteiger partial charge in [-0.2, -0.15) is 5.26 Å². The van der Waals surface area contributed by atoms with Crippen LogP contribution in [0.25, 0.3) is 0 Å². The molecule has 90 valence electrons. The van der Waals surface area contributed by atoms with E-state index in [-0.39, 0.29) is 17.6 Å². The summed E-state index contributed by atoms with van der Waals surface area (Å²) in [6.07, 6.45) is 0. The maximum absolute atomic E-state index is 13.1. The van der Waals surface area contributed by atoms with Gasteiger partial charge in [0, 0.05) is 5.92 Å². The van der Waals surface area contributed by atoms with E-state index in [4.69, 9.17) is 5.26 Å². The zero-order valence-electron chi connectivity index (χ0n) is 10.3. The van der Waals surface area contributed by atoms with E-state index < -0.39 is 11.7 Å². The zero-order valence-corrected chi connectivity index (χ0v) is 10.3. The van der Waals surface area contributed by atoms with Crippen molar-refractivity contribution in [1.29, 1.82) is 5.26 Å². The van der Waals surface area contributed by atoms with Crippen molar-refractivity contribution < 1.29 is 9.18 Å². The maximum Gasteiger partial charge on any atom is 0.157 e. The molecule has 0 saturated heterocycles. The Morgan fingerprint density at radius 1 is 1.35 bits per heavy atom. The summed E-state index contributed by atoms with van der Waals surface area (Å²) >= 11 is 0. The minimum absolute atomic E-state index is 0.145. The topological polar surface area (TPSA) is 40.9 Å².